The largest absolute Gasteiger partial charge is 0.327 e. The van der Waals surface area contributed by atoms with Gasteiger partial charge in [0.2, 0.25) is 0 Å². The second kappa shape index (κ2) is 1.19. The molecule has 0 spiro atoms. The molecule has 1 aliphatic carbocycles. The Morgan fingerprint density at radius 2 is 2.00 bits per heavy atom. The molecule has 0 aromatic heterocycles. The van der Waals surface area contributed by atoms with Crippen molar-refractivity contribution in [3.05, 3.63) is 0 Å². The lowest BCUT2D eigenvalue weighted by Crippen LogP contribution is -2.37. The second-order valence-electron chi connectivity index (χ2n) is 1.83. The maximum atomic E-state index is 11.7. The van der Waals surface area contributed by atoms with Gasteiger partial charge < -0.3 is 5.73 Å². The van der Waals surface area contributed by atoms with Gasteiger partial charge in [0, 0.05) is 6.04 Å². The molecule has 0 unspecified atom stereocenters. The van der Waals surface area contributed by atoms with Crippen LogP contribution in [0.15, 0.2) is 0 Å². The van der Waals surface area contributed by atoms with Gasteiger partial charge in [-0.1, -0.05) is 0 Å². The van der Waals surface area contributed by atoms with Gasteiger partial charge in [-0.3, -0.25) is 0 Å². The van der Waals surface area contributed by atoms with Crippen molar-refractivity contribution in [3.63, 3.8) is 0 Å². The van der Waals surface area contributed by atoms with Gasteiger partial charge in [0.25, 0.3) is 0 Å². The van der Waals surface area contributed by atoms with Crippen molar-refractivity contribution < 1.29 is 4.39 Å². The van der Waals surface area contributed by atoms with E-state index in [0.29, 0.717) is 12.8 Å². The predicted octanol–water partition coefficient (Wildman–Crippen LogP) is 0.446. The van der Waals surface area contributed by atoms with E-state index >= 15 is 0 Å². The van der Waals surface area contributed by atoms with Crippen molar-refractivity contribution in [2.45, 2.75) is 25.1 Å². The summed E-state index contributed by atoms with van der Waals surface area (Å²) < 4.78 is 11.7. The van der Waals surface area contributed by atoms with E-state index in [4.69, 9.17) is 5.73 Å². The fourth-order valence-electron chi connectivity index (χ4n) is 0.588. The Morgan fingerprint density at radius 1 is 1.50 bits per heavy atom. The zero-order valence-corrected chi connectivity index (χ0v) is 3.52. The molecule has 1 aliphatic rings. The summed E-state index contributed by atoms with van der Waals surface area (Å²) in [6, 6.07) is 0.167. The van der Waals surface area contributed by atoms with Crippen LogP contribution in [0, 0.1) is 0 Å². The van der Waals surface area contributed by atoms with E-state index in [1.54, 1.807) is 0 Å². The van der Waals surface area contributed by atoms with Gasteiger partial charge in [-0.25, -0.2) is 4.39 Å². The standard InChI is InChI=1S/C4H8FN/c5-3-1-4(6)2-3/h3-4H,1-2,6H2/t3-,4-. The first kappa shape index (κ1) is 4.06. The molecule has 0 saturated heterocycles. The van der Waals surface area contributed by atoms with E-state index < -0.39 is 6.17 Å². The molecule has 0 bridgehead atoms. The van der Waals surface area contributed by atoms with Gasteiger partial charge in [0.05, 0.1) is 0 Å². The Kier molecular flexibility index (Phi) is 0.804. The fraction of sp³-hybridized carbons (Fsp3) is 1.00. The SMILES string of the molecule is N[C@H]1C[C@H](F)C1. The van der Waals surface area contributed by atoms with Gasteiger partial charge in [-0.2, -0.15) is 0 Å². The third-order valence-corrected chi connectivity index (χ3v) is 1.12. The number of halogens is 1. The van der Waals surface area contributed by atoms with Crippen molar-refractivity contribution in [3.8, 4) is 0 Å². The molecule has 0 atom stereocenters. The van der Waals surface area contributed by atoms with Crippen molar-refractivity contribution in [2.75, 3.05) is 0 Å². The van der Waals surface area contributed by atoms with E-state index in [0.717, 1.165) is 0 Å². The average Bonchev–Trinajstić information content (AvgIpc) is 1.33. The first-order valence-corrected chi connectivity index (χ1v) is 2.18. The summed E-state index contributed by atoms with van der Waals surface area (Å²) in [7, 11) is 0. The molecule has 1 nitrogen and oxygen atoms in total. The van der Waals surface area contributed by atoms with E-state index in [2.05, 4.69) is 0 Å². The van der Waals surface area contributed by atoms with Crippen molar-refractivity contribution in [1.82, 2.24) is 0 Å². The zero-order chi connectivity index (χ0) is 4.57. The first-order valence-electron chi connectivity index (χ1n) is 2.18. The Balaban J connectivity index is 2.11. The van der Waals surface area contributed by atoms with Crippen LogP contribution in [0.1, 0.15) is 12.8 Å². The summed E-state index contributed by atoms with van der Waals surface area (Å²) in [5.41, 5.74) is 5.23. The van der Waals surface area contributed by atoms with Crippen LogP contribution in [-0.4, -0.2) is 12.2 Å². The summed E-state index contributed by atoms with van der Waals surface area (Å²) in [5, 5.41) is 0. The molecule has 1 fully saturated rings. The summed E-state index contributed by atoms with van der Waals surface area (Å²) >= 11 is 0. The number of rotatable bonds is 0. The Labute approximate surface area is 36.3 Å². The summed E-state index contributed by atoms with van der Waals surface area (Å²) in [5.74, 6) is 0. The number of nitrogens with two attached hydrogens (primary N) is 1. The van der Waals surface area contributed by atoms with Gasteiger partial charge in [0.15, 0.2) is 0 Å². The highest BCUT2D eigenvalue weighted by atomic mass is 19.1. The van der Waals surface area contributed by atoms with Crippen LogP contribution in [0.25, 0.3) is 0 Å². The van der Waals surface area contributed by atoms with Crippen LogP contribution in [0.3, 0.4) is 0 Å². The van der Waals surface area contributed by atoms with Gasteiger partial charge in [-0.15, -0.1) is 0 Å². The summed E-state index contributed by atoms with van der Waals surface area (Å²) in [6.07, 6.45) is 0.583. The monoisotopic (exact) mass is 89.1 g/mol. The maximum absolute atomic E-state index is 11.7. The van der Waals surface area contributed by atoms with Gasteiger partial charge in [-0.05, 0) is 12.8 Å². The lowest BCUT2D eigenvalue weighted by molar-refractivity contribution is 0.181. The van der Waals surface area contributed by atoms with Crippen LogP contribution in [-0.2, 0) is 0 Å². The van der Waals surface area contributed by atoms with Gasteiger partial charge in [0.1, 0.15) is 6.17 Å². The molecule has 1 rings (SSSR count). The van der Waals surface area contributed by atoms with Crippen LogP contribution < -0.4 is 5.73 Å². The van der Waals surface area contributed by atoms with E-state index in [1.807, 2.05) is 0 Å². The first-order chi connectivity index (χ1) is 2.79. The minimum atomic E-state index is -0.583. The maximum Gasteiger partial charge on any atom is 0.103 e. The topological polar surface area (TPSA) is 26.0 Å². The molecule has 2 heteroatoms. The third kappa shape index (κ3) is 0.522. The minimum Gasteiger partial charge on any atom is -0.327 e. The van der Waals surface area contributed by atoms with E-state index in [1.165, 1.54) is 0 Å². The Bertz CT molecular complexity index is 43.5. The van der Waals surface area contributed by atoms with E-state index in [-0.39, 0.29) is 6.04 Å². The molecule has 6 heavy (non-hydrogen) atoms. The number of alkyl halides is 1. The molecule has 36 valence electrons. The number of hydrogen-bond donors (Lipinski definition) is 1. The smallest absolute Gasteiger partial charge is 0.103 e. The summed E-state index contributed by atoms with van der Waals surface area (Å²) in [6.45, 7) is 0. The van der Waals surface area contributed by atoms with Crippen LogP contribution in [0.5, 0.6) is 0 Å². The molecule has 2 N–H and O–H groups in total. The predicted molar refractivity (Wildman–Crippen MR) is 22.1 cm³/mol. The molecule has 1 saturated carbocycles. The second-order valence-corrected chi connectivity index (χ2v) is 1.83. The molecule has 0 amide bonds. The van der Waals surface area contributed by atoms with Crippen molar-refractivity contribution >= 4 is 0 Å². The van der Waals surface area contributed by atoms with Gasteiger partial charge >= 0.3 is 0 Å². The van der Waals surface area contributed by atoms with Crippen LogP contribution in [0.2, 0.25) is 0 Å². The Morgan fingerprint density at radius 3 is 2.00 bits per heavy atom. The zero-order valence-electron chi connectivity index (χ0n) is 3.52. The normalized spacial score (nSPS) is 45.0. The highest BCUT2D eigenvalue weighted by Crippen LogP contribution is 2.20. The molecule has 0 aromatic carbocycles. The third-order valence-electron chi connectivity index (χ3n) is 1.12. The van der Waals surface area contributed by atoms with Crippen molar-refractivity contribution in [2.24, 2.45) is 5.73 Å². The molecule has 0 aromatic rings. The lowest BCUT2D eigenvalue weighted by atomic mass is 9.92. The minimum absolute atomic E-state index is 0.167. The van der Waals surface area contributed by atoms with Crippen LogP contribution >= 0.6 is 0 Å². The Hall–Kier alpha value is -0.110. The van der Waals surface area contributed by atoms with E-state index in [9.17, 15) is 4.39 Å². The highest BCUT2D eigenvalue weighted by Gasteiger charge is 2.24. The molecule has 0 aliphatic heterocycles. The van der Waals surface area contributed by atoms with Crippen LogP contribution in [0.4, 0.5) is 4.39 Å². The fourth-order valence-corrected chi connectivity index (χ4v) is 0.588. The average molecular weight is 89.1 g/mol. The molecule has 0 heterocycles. The molecule has 0 radical (unpaired) electrons. The molecular formula is C4H8FN. The lowest BCUT2D eigenvalue weighted by Gasteiger charge is -2.24. The molecular weight excluding hydrogens is 81.0 g/mol. The summed E-state index contributed by atoms with van der Waals surface area (Å²) in [4.78, 5) is 0. The quantitative estimate of drug-likeness (QED) is 0.458. The highest BCUT2D eigenvalue weighted by molar-refractivity contribution is 4.81. The van der Waals surface area contributed by atoms with Crippen molar-refractivity contribution in [1.29, 1.82) is 0 Å². The number of hydrogen-bond acceptors (Lipinski definition) is 1.